The fourth-order valence-corrected chi connectivity index (χ4v) is 3.63. The molecule has 0 fully saturated rings. The summed E-state index contributed by atoms with van der Waals surface area (Å²) in [5.74, 6) is 2.13. The number of ether oxygens (including phenoxy) is 2. The lowest BCUT2D eigenvalue weighted by Crippen LogP contribution is -2.30. The molecule has 0 unspecified atom stereocenters. The van der Waals surface area contributed by atoms with Gasteiger partial charge >= 0.3 is 0 Å². The molecule has 2 aromatic carbocycles. The minimum Gasteiger partial charge on any atom is -0.497 e. The Labute approximate surface area is 190 Å². The molecule has 0 aliphatic carbocycles. The highest BCUT2D eigenvalue weighted by Crippen LogP contribution is 2.19. The second-order valence-electron chi connectivity index (χ2n) is 7.61. The number of aromatic amines is 1. The molecular formula is C23H26N6O4. The molecule has 0 aliphatic rings. The zero-order valence-electron chi connectivity index (χ0n) is 18.6. The number of H-pyrrole nitrogens is 1. The van der Waals surface area contributed by atoms with Gasteiger partial charge in [-0.15, -0.1) is 5.10 Å². The van der Waals surface area contributed by atoms with Gasteiger partial charge in [0, 0.05) is 29.6 Å². The van der Waals surface area contributed by atoms with Crippen molar-refractivity contribution in [3.05, 3.63) is 75.8 Å². The number of tetrazole rings is 1. The van der Waals surface area contributed by atoms with Crippen LogP contribution in [0.2, 0.25) is 0 Å². The molecule has 172 valence electrons. The Kier molecular flexibility index (Phi) is 6.96. The summed E-state index contributed by atoms with van der Waals surface area (Å²) in [7, 11) is 3.23. The number of pyridine rings is 1. The number of nitrogens with zero attached hydrogens (tertiary/aromatic N) is 5. The van der Waals surface area contributed by atoms with Crippen molar-refractivity contribution in [1.29, 1.82) is 0 Å². The summed E-state index contributed by atoms with van der Waals surface area (Å²) in [4.78, 5) is 17.5. The summed E-state index contributed by atoms with van der Waals surface area (Å²) in [6.45, 7) is 1.51. The zero-order valence-corrected chi connectivity index (χ0v) is 18.6. The van der Waals surface area contributed by atoms with E-state index in [0.717, 1.165) is 22.2 Å². The van der Waals surface area contributed by atoms with Crippen molar-refractivity contribution in [1.82, 2.24) is 30.1 Å². The van der Waals surface area contributed by atoms with Crippen LogP contribution in [0.1, 0.15) is 17.0 Å². The van der Waals surface area contributed by atoms with E-state index in [4.69, 9.17) is 9.47 Å². The second kappa shape index (κ2) is 10.2. The number of hydrogen-bond acceptors (Lipinski definition) is 8. The number of benzene rings is 2. The molecule has 0 bridgehead atoms. The van der Waals surface area contributed by atoms with E-state index in [1.165, 1.54) is 0 Å². The highest BCUT2D eigenvalue weighted by atomic mass is 16.5. The topological polar surface area (TPSA) is 118 Å². The molecule has 0 amide bonds. The smallest absolute Gasteiger partial charge is 0.252 e. The first kappa shape index (κ1) is 22.4. The molecule has 0 aliphatic heterocycles. The SMILES string of the molecule is COc1ccc(Cn2nnnc2CN(CCO)Cc2cc3cc(OC)ccc3[nH]c2=O)cc1. The molecule has 2 heterocycles. The van der Waals surface area contributed by atoms with Gasteiger partial charge in [-0.3, -0.25) is 9.69 Å². The van der Waals surface area contributed by atoms with Gasteiger partial charge in [-0.05, 0) is 52.4 Å². The van der Waals surface area contributed by atoms with Crippen molar-refractivity contribution < 1.29 is 14.6 Å². The van der Waals surface area contributed by atoms with Gasteiger partial charge in [0.2, 0.25) is 0 Å². The summed E-state index contributed by atoms with van der Waals surface area (Å²) in [5.41, 5.74) is 2.17. The molecule has 0 radical (unpaired) electrons. The lowest BCUT2D eigenvalue weighted by molar-refractivity contribution is 0.179. The highest BCUT2D eigenvalue weighted by Gasteiger charge is 2.15. The van der Waals surface area contributed by atoms with Crippen LogP contribution in [0.3, 0.4) is 0 Å². The number of hydrogen-bond donors (Lipinski definition) is 2. The molecule has 4 rings (SSSR count). The molecule has 0 saturated heterocycles. The summed E-state index contributed by atoms with van der Waals surface area (Å²) in [6.07, 6.45) is 0. The monoisotopic (exact) mass is 450 g/mol. The Morgan fingerprint density at radius 3 is 2.52 bits per heavy atom. The van der Waals surface area contributed by atoms with Crippen molar-refractivity contribution >= 4 is 10.9 Å². The first-order valence-electron chi connectivity index (χ1n) is 10.5. The van der Waals surface area contributed by atoms with Gasteiger partial charge in [0.1, 0.15) is 11.5 Å². The molecule has 10 nitrogen and oxygen atoms in total. The Balaban J connectivity index is 1.53. The van der Waals surface area contributed by atoms with E-state index >= 15 is 0 Å². The van der Waals surface area contributed by atoms with Crippen LogP contribution < -0.4 is 15.0 Å². The van der Waals surface area contributed by atoms with Gasteiger partial charge in [-0.2, -0.15) is 0 Å². The Morgan fingerprint density at radius 1 is 1.03 bits per heavy atom. The number of fused-ring (bicyclic) bond motifs is 1. The largest absolute Gasteiger partial charge is 0.497 e. The number of aromatic nitrogens is 5. The third kappa shape index (κ3) is 5.36. The van der Waals surface area contributed by atoms with E-state index in [-0.39, 0.29) is 12.2 Å². The van der Waals surface area contributed by atoms with Crippen LogP contribution in [0.25, 0.3) is 10.9 Å². The van der Waals surface area contributed by atoms with Gasteiger partial charge in [-0.1, -0.05) is 12.1 Å². The quantitative estimate of drug-likeness (QED) is 0.374. The van der Waals surface area contributed by atoms with Gasteiger partial charge < -0.3 is 19.6 Å². The fraction of sp³-hybridized carbons (Fsp3) is 0.304. The summed E-state index contributed by atoms with van der Waals surface area (Å²) >= 11 is 0. The van der Waals surface area contributed by atoms with Gasteiger partial charge in [0.25, 0.3) is 5.56 Å². The maximum atomic E-state index is 12.7. The van der Waals surface area contributed by atoms with Crippen molar-refractivity contribution in [2.24, 2.45) is 0 Å². The Bertz CT molecular complexity index is 1270. The summed E-state index contributed by atoms with van der Waals surface area (Å²) in [5, 5.41) is 22.5. The van der Waals surface area contributed by atoms with Crippen LogP contribution in [-0.2, 0) is 19.6 Å². The average molecular weight is 450 g/mol. The Morgan fingerprint density at radius 2 is 1.79 bits per heavy atom. The molecule has 0 atom stereocenters. The summed E-state index contributed by atoms with van der Waals surface area (Å²) in [6, 6.07) is 15.0. The van der Waals surface area contributed by atoms with Crippen LogP contribution in [0.15, 0.2) is 53.3 Å². The van der Waals surface area contributed by atoms with Crippen LogP contribution in [0.5, 0.6) is 11.5 Å². The average Bonchev–Trinajstić information content (AvgIpc) is 3.26. The van der Waals surface area contributed by atoms with E-state index < -0.39 is 0 Å². The third-order valence-corrected chi connectivity index (χ3v) is 5.40. The fourth-order valence-electron chi connectivity index (χ4n) is 3.63. The molecule has 2 aromatic heterocycles. The molecule has 0 saturated carbocycles. The maximum Gasteiger partial charge on any atom is 0.252 e. The second-order valence-corrected chi connectivity index (χ2v) is 7.61. The molecule has 33 heavy (non-hydrogen) atoms. The van der Waals surface area contributed by atoms with Crippen LogP contribution >= 0.6 is 0 Å². The number of methoxy groups -OCH3 is 2. The van der Waals surface area contributed by atoms with E-state index in [1.54, 1.807) is 25.0 Å². The first-order valence-corrected chi connectivity index (χ1v) is 10.5. The Hall–Kier alpha value is -3.76. The van der Waals surface area contributed by atoms with E-state index in [9.17, 15) is 9.90 Å². The number of aliphatic hydroxyl groups excluding tert-OH is 1. The van der Waals surface area contributed by atoms with E-state index in [1.807, 2.05) is 47.4 Å². The van der Waals surface area contributed by atoms with Gasteiger partial charge in [-0.25, -0.2) is 4.68 Å². The predicted molar refractivity (Wildman–Crippen MR) is 122 cm³/mol. The molecular weight excluding hydrogens is 424 g/mol. The van der Waals surface area contributed by atoms with Crippen molar-refractivity contribution in [2.75, 3.05) is 27.4 Å². The number of aliphatic hydroxyl groups is 1. The molecule has 2 N–H and O–H groups in total. The minimum absolute atomic E-state index is 0.0562. The minimum atomic E-state index is -0.173. The first-order chi connectivity index (χ1) is 16.1. The van der Waals surface area contributed by atoms with Crippen LogP contribution in [-0.4, -0.2) is 62.6 Å². The predicted octanol–water partition coefficient (Wildman–Crippen LogP) is 1.57. The lowest BCUT2D eigenvalue weighted by atomic mass is 10.1. The van der Waals surface area contributed by atoms with Gasteiger partial charge in [0.05, 0.1) is 33.9 Å². The van der Waals surface area contributed by atoms with Crippen LogP contribution in [0, 0.1) is 0 Å². The van der Waals surface area contributed by atoms with Crippen molar-refractivity contribution in [3.8, 4) is 11.5 Å². The number of nitrogens with one attached hydrogen (secondary N) is 1. The molecule has 10 heteroatoms. The lowest BCUT2D eigenvalue weighted by Gasteiger charge is -2.20. The van der Waals surface area contributed by atoms with Crippen LogP contribution in [0.4, 0.5) is 0 Å². The number of rotatable bonds is 10. The van der Waals surface area contributed by atoms with Crippen molar-refractivity contribution in [2.45, 2.75) is 19.6 Å². The standard InChI is InChI=1S/C23H26N6O4/c1-32-19-5-3-16(4-6-19)13-29-22(25-26-27-29)15-28(9-10-30)14-18-11-17-12-20(33-2)7-8-21(17)24-23(18)31/h3-8,11-12,30H,9-10,13-15H2,1-2H3,(H,24,31). The third-order valence-electron chi connectivity index (χ3n) is 5.40. The van der Waals surface area contributed by atoms with Crippen molar-refractivity contribution in [3.63, 3.8) is 0 Å². The molecule has 4 aromatic rings. The molecule has 0 spiro atoms. The maximum absolute atomic E-state index is 12.7. The summed E-state index contributed by atoms with van der Waals surface area (Å²) < 4.78 is 12.2. The normalized spacial score (nSPS) is 11.3. The van der Waals surface area contributed by atoms with E-state index in [2.05, 4.69) is 20.5 Å². The van der Waals surface area contributed by atoms with Gasteiger partial charge in [0.15, 0.2) is 5.82 Å². The van der Waals surface area contributed by atoms with E-state index in [0.29, 0.717) is 43.3 Å². The highest BCUT2D eigenvalue weighted by molar-refractivity contribution is 5.80. The zero-order chi connectivity index (χ0) is 23.2.